The van der Waals surface area contributed by atoms with Gasteiger partial charge < -0.3 is 0 Å². The van der Waals surface area contributed by atoms with E-state index in [1.165, 1.54) is 36.8 Å². The lowest BCUT2D eigenvalue weighted by molar-refractivity contribution is 0.511. The molecule has 0 bridgehead atoms. The van der Waals surface area contributed by atoms with Crippen molar-refractivity contribution in [2.75, 3.05) is 0 Å². The Labute approximate surface area is 156 Å². The van der Waals surface area contributed by atoms with Crippen molar-refractivity contribution in [3.8, 4) is 11.1 Å². The molecule has 0 nitrogen and oxygen atoms in total. The number of fused-ring (bicyclic) bond motifs is 1. The van der Waals surface area contributed by atoms with Crippen molar-refractivity contribution in [2.45, 2.75) is 45.4 Å². The Balaban J connectivity index is 1.86. The largest absolute Gasteiger partial charge is 0.206 e. The molecule has 142 valence electrons. The maximum atomic E-state index is 14.6. The molecule has 0 amide bonds. The first kappa shape index (κ1) is 19.4. The molecule has 0 aliphatic heterocycles. The van der Waals surface area contributed by atoms with Crippen LogP contribution in [-0.2, 0) is 6.42 Å². The summed E-state index contributed by atoms with van der Waals surface area (Å²) in [4.78, 5) is 0. The monoisotopic (exact) mass is 374 g/mol. The van der Waals surface area contributed by atoms with Crippen LogP contribution in [0.1, 0.15) is 44.6 Å². The summed E-state index contributed by atoms with van der Waals surface area (Å²) >= 11 is 0. The van der Waals surface area contributed by atoms with Crippen LogP contribution in [0.2, 0.25) is 0 Å². The van der Waals surface area contributed by atoms with E-state index in [0.29, 0.717) is 28.3 Å². The molecule has 0 unspecified atom stereocenters. The molecule has 0 saturated carbocycles. The van der Waals surface area contributed by atoms with Crippen molar-refractivity contribution in [3.63, 3.8) is 0 Å². The van der Waals surface area contributed by atoms with Gasteiger partial charge in [0, 0.05) is 0 Å². The molecule has 3 aromatic rings. The summed E-state index contributed by atoms with van der Waals surface area (Å²) in [6.07, 6.45) is 6.05. The van der Waals surface area contributed by atoms with E-state index >= 15 is 0 Å². The molecule has 0 heterocycles. The number of rotatable bonds is 7. The van der Waals surface area contributed by atoms with Crippen molar-refractivity contribution >= 4 is 10.8 Å². The number of hydrogen-bond acceptors (Lipinski definition) is 0. The first-order chi connectivity index (χ1) is 13.0. The van der Waals surface area contributed by atoms with Crippen LogP contribution in [0, 0.1) is 23.3 Å². The minimum absolute atomic E-state index is 0.142. The summed E-state index contributed by atoms with van der Waals surface area (Å²) in [5.41, 5.74) is 0.800. The second-order valence-electron chi connectivity index (χ2n) is 6.93. The summed E-state index contributed by atoms with van der Waals surface area (Å²) in [6, 6.07) is 9.38. The third kappa shape index (κ3) is 4.49. The SMILES string of the molecule is CCCCCCCc1cc(F)c(-c2ccc3cc(F)c(F)cc3c2)c(F)c1. The molecule has 4 heteroatoms. The van der Waals surface area contributed by atoms with Crippen LogP contribution >= 0.6 is 0 Å². The Kier molecular flexibility index (Phi) is 6.15. The van der Waals surface area contributed by atoms with E-state index in [1.54, 1.807) is 0 Å². The Bertz CT molecular complexity index is 924. The lowest BCUT2D eigenvalue weighted by Gasteiger charge is -2.10. The lowest BCUT2D eigenvalue weighted by atomic mass is 9.97. The number of halogens is 4. The molecule has 0 aliphatic carbocycles. The van der Waals surface area contributed by atoms with Gasteiger partial charge in [-0.2, -0.15) is 0 Å². The third-order valence-corrected chi connectivity index (χ3v) is 4.84. The predicted octanol–water partition coefficient (Wildman–Crippen LogP) is 7.58. The van der Waals surface area contributed by atoms with E-state index in [0.717, 1.165) is 37.8 Å². The van der Waals surface area contributed by atoms with Gasteiger partial charge in [-0.3, -0.25) is 0 Å². The minimum atomic E-state index is -0.987. The minimum Gasteiger partial charge on any atom is -0.206 e. The number of hydrogen-bond donors (Lipinski definition) is 0. The van der Waals surface area contributed by atoms with Crippen molar-refractivity contribution in [1.82, 2.24) is 0 Å². The first-order valence-corrected chi connectivity index (χ1v) is 9.36. The highest BCUT2D eigenvalue weighted by Gasteiger charge is 2.14. The normalized spacial score (nSPS) is 11.3. The summed E-state index contributed by atoms with van der Waals surface area (Å²) in [6.45, 7) is 2.14. The highest BCUT2D eigenvalue weighted by atomic mass is 19.2. The molecule has 3 rings (SSSR count). The average Bonchev–Trinajstić information content (AvgIpc) is 2.62. The fraction of sp³-hybridized carbons (Fsp3) is 0.304. The Morgan fingerprint density at radius 3 is 1.93 bits per heavy atom. The zero-order valence-electron chi connectivity index (χ0n) is 15.3. The quantitative estimate of drug-likeness (QED) is 0.295. The smallest absolute Gasteiger partial charge is 0.159 e. The number of aryl methyl sites for hydroxylation is 1. The van der Waals surface area contributed by atoms with Gasteiger partial charge in [0.15, 0.2) is 11.6 Å². The molecule has 0 spiro atoms. The van der Waals surface area contributed by atoms with Gasteiger partial charge in [-0.15, -0.1) is 0 Å². The van der Waals surface area contributed by atoms with Gasteiger partial charge in [0.05, 0.1) is 5.56 Å². The van der Waals surface area contributed by atoms with Gasteiger partial charge in [0.25, 0.3) is 0 Å². The topological polar surface area (TPSA) is 0 Å². The van der Waals surface area contributed by atoms with Gasteiger partial charge in [-0.25, -0.2) is 17.6 Å². The molecule has 0 saturated heterocycles. The van der Waals surface area contributed by atoms with Crippen LogP contribution in [0.4, 0.5) is 17.6 Å². The Morgan fingerprint density at radius 1 is 0.630 bits per heavy atom. The van der Waals surface area contributed by atoms with Gasteiger partial charge in [0.2, 0.25) is 0 Å². The number of benzene rings is 3. The molecular weight excluding hydrogens is 352 g/mol. The average molecular weight is 374 g/mol. The van der Waals surface area contributed by atoms with Gasteiger partial charge in [0.1, 0.15) is 11.6 Å². The molecule has 0 N–H and O–H groups in total. The standard InChI is InChI=1S/C23H22F4/c1-2-3-4-5-6-7-15-10-21(26)23(22(27)11-15)17-9-8-16-13-19(24)20(25)14-18(16)12-17/h8-14H,2-7H2,1H3. The van der Waals surface area contributed by atoms with Gasteiger partial charge in [-0.05, 0) is 65.1 Å². The maximum Gasteiger partial charge on any atom is 0.159 e. The van der Waals surface area contributed by atoms with Crippen molar-refractivity contribution in [2.24, 2.45) is 0 Å². The molecular formula is C23H22F4. The predicted molar refractivity (Wildman–Crippen MR) is 102 cm³/mol. The van der Waals surface area contributed by atoms with Crippen LogP contribution in [0.15, 0.2) is 42.5 Å². The van der Waals surface area contributed by atoms with Crippen LogP contribution < -0.4 is 0 Å². The third-order valence-electron chi connectivity index (χ3n) is 4.84. The van der Waals surface area contributed by atoms with E-state index in [1.807, 2.05) is 0 Å². The van der Waals surface area contributed by atoms with Gasteiger partial charge >= 0.3 is 0 Å². The second-order valence-corrected chi connectivity index (χ2v) is 6.93. The second kappa shape index (κ2) is 8.55. The zero-order chi connectivity index (χ0) is 19.4. The number of unbranched alkanes of at least 4 members (excludes halogenated alkanes) is 4. The van der Waals surface area contributed by atoms with Crippen molar-refractivity contribution in [3.05, 3.63) is 71.3 Å². The lowest BCUT2D eigenvalue weighted by Crippen LogP contribution is -1.96. The zero-order valence-corrected chi connectivity index (χ0v) is 15.3. The molecule has 0 aliphatic rings. The first-order valence-electron chi connectivity index (χ1n) is 9.36. The summed E-state index contributed by atoms with van der Waals surface area (Å²) < 4.78 is 56.0. The van der Waals surface area contributed by atoms with Crippen molar-refractivity contribution in [1.29, 1.82) is 0 Å². The van der Waals surface area contributed by atoms with Crippen LogP contribution in [-0.4, -0.2) is 0 Å². The summed E-state index contributed by atoms with van der Waals surface area (Å²) in [5.74, 6) is -3.21. The van der Waals surface area contributed by atoms with E-state index in [2.05, 4.69) is 6.92 Å². The fourth-order valence-electron chi connectivity index (χ4n) is 3.38. The molecule has 27 heavy (non-hydrogen) atoms. The van der Waals surface area contributed by atoms with E-state index in [-0.39, 0.29) is 5.56 Å². The fourth-order valence-corrected chi connectivity index (χ4v) is 3.38. The van der Waals surface area contributed by atoms with E-state index in [4.69, 9.17) is 0 Å². The molecule has 0 atom stereocenters. The van der Waals surface area contributed by atoms with Gasteiger partial charge in [-0.1, -0.05) is 44.7 Å². The van der Waals surface area contributed by atoms with Crippen molar-refractivity contribution < 1.29 is 17.6 Å². The Hall–Kier alpha value is -2.36. The molecule has 0 radical (unpaired) electrons. The molecule has 3 aromatic carbocycles. The maximum absolute atomic E-state index is 14.6. The summed E-state index contributed by atoms with van der Waals surface area (Å²) in [7, 11) is 0. The molecule has 0 aromatic heterocycles. The van der Waals surface area contributed by atoms with Crippen LogP contribution in [0.5, 0.6) is 0 Å². The summed E-state index contributed by atoms with van der Waals surface area (Å²) in [5, 5.41) is 0.868. The van der Waals surface area contributed by atoms with Crippen LogP contribution in [0.25, 0.3) is 21.9 Å². The Morgan fingerprint density at radius 2 is 1.26 bits per heavy atom. The molecule has 0 fully saturated rings. The highest BCUT2D eigenvalue weighted by Crippen LogP contribution is 2.31. The van der Waals surface area contributed by atoms with Crippen LogP contribution in [0.3, 0.4) is 0 Å². The highest BCUT2D eigenvalue weighted by molar-refractivity contribution is 5.87. The van der Waals surface area contributed by atoms with E-state index in [9.17, 15) is 17.6 Å². The van der Waals surface area contributed by atoms with E-state index < -0.39 is 23.3 Å².